The van der Waals surface area contributed by atoms with Crippen LogP contribution in [-0.2, 0) is 33.3 Å². The summed E-state index contributed by atoms with van der Waals surface area (Å²) in [5.74, 6) is -2.47. The van der Waals surface area contributed by atoms with Crippen LogP contribution in [0.1, 0.15) is 32.9 Å². The zero-order valence-corrected chi connectivity index (χ0v) is 40.1. The third-order valence-electron chi connectivity index (χ3n) is 11.3. The summed E-state index contributed by atoms with van der Waals surface area (Å²) in [4.78, 5) is 12.5. The zero-order valence-electron chi connectivity index (χ0n) is 38.5. The molecule has 3 N–H and O–H groups in total. The third-order valence-corrected chi connectivity index (χ3v) is 13.6. The molecular formula is C55H44F4N4O7S2. The minimum Gasteiger partial charge on any atom is -0.488 e. The summed E-state index contributed by atoms with van der Waals surface area (Å²) in [6.45, 7) is 3.57. The van der Waals surface area contributed by atoms with Crippen molar-refractivity contribution >= 4 is 26.0 Å². The van der Waals surface area contributed by atoms with E-state index in [0.717, 1.165) is 34.8 Å². The average molecular weight is 1010 g/mol. The molecular weight excluding hydrogens is 969 g/mol. The van der Waals surface area contributed by atoms with Gasteiger partial charge in [0.1, 0.15) is 48.0 Å². The lowest BCUT2D eigenvalue weighted by molar-refractivity contribution is 0.0981. The first kappa shape index (κ1) is 50.1. The number of aryl methyl sites for hydroxylation is 2. The molecule has 9 aromatic rings. The summed E-state index contributed by atoms with van der Waals surface area (Å²) >= 11 is 0. The number of benzene rings is 7. The molecule has 0 fully saturated rings. The van der Waals surface area contributed by atoms with E-state index in [1.807, 2.05) is 71.5 Å². The number of carbonyl (C=O) groups is 1. The van der Waals surface area contributed by atoms with Crippen LogP contribution in [0.3, 0.4) is 0 Å². The molecule has 72 heavy (non-hydrogen) atoms. The van der Waals surface area contributed by atoms with Gasteiger partial charge in [-0.2, -0.15) is 0 Å². The maximum Gasteiger partial charge on any atom is 0.264 e. The van der Waals surface area contributed by atoms with Crippen molar-refractivity contribution in [3.8, 4) is 45.4 Å². The van der Waals surface area contributed by atoms with Gasteiger partial charge in [0.05, 0.1) is 21.2 Å². The third kappa shape index (κ3) is 11.5. The molecule has 17 heteroatoms. The molecule has 0 aliphatic rings. The number of amides is 1. The van der Waals surface area contributed by atoms with E-state index >= 15 is 0 Å². The van der Waals surface area contributed by atoms with Gasteiger partial charge in [-0.3, -0.25) is 4.79 Å². The van der Waals surface area contributed by atoms with Gasteiger partial charge >= 0.3 is 0 Å². The first-order valence-electron chi connectivity index (χ1n) is 22.0. The fraction of sp³-hybridized carbons (Fsp3) is 0.0727. The normalized spacial score (nSPS) is 11.4. The topological polar surface area (TPSA) is 152 Å². The summed E-state index contributed by atoms with van der Waals surface area (Å²) in [7, 11) is -8.03. The summed E-state index contributed by atoms with van der Waals surface area (Å²) in [6.07, 6.45) is 0. The number of nitrogens with zero attached hydrogens (tertiary/aromatic N) is 2. The Bertz CT molecular complexity index is 3680. The van der Waals surface area contributed by atoms with Crippen molar-refractivity contribution in [1.29, 1.82) is 0 Å². The second-order valence-corrected chi connectivity index (χ2v) is 19.5. The van der Waals surface area contributed by atoms with Crippen LogP contribution in [0.15, 0.2) is 198 Å². The molecule has 1 amide bonds. The van der Waals surface area contributed by atoms with E-state index in [-0.39, 0.29) is 39.7 Å². The highest BCUT2D eigenvalue weighted by Gasteiger charge is 2.22. The van der Waals surface area contributed by atoms with Crippen molar-refractivity contribution in [2.24, 2.45) is 5.14 Å². The highest BCUT2D eigenvalue weighted by molar-refractivity contribution is 7.90. The molecule has 0 bridgehead atoms. The monoisotopic (exact) mass is 1010 g/mol. The Balaban J connectivity index is 0.000000197. The van der Waals surface area contributed by atoms with Crippen molar-refractivity contribution in [3.63, 3.8) is 0 Å². The van der Waals surface area contributed by atoms with Crippen molar-refractivity contribution in [1.82, 2.24) is 13.9 Å². The number of para-hydroxylation sites is 2. The largest absolute Gasteiger partial charge is 0.488 e. The van der Waals surface area contributed by atoms with E-state index in [9.17, 15) is 39.2 Å². The van der Waals surface area contributed by atoms with Gasteiger partial charge in [-0.15, -0.1) is 0 Å². The van der Waals surface area contributed by atoms with Crippen LogP contribution in [0, 0.1) is 37.1 Å². The predicted octanol–water partition coefficient (Wildman–Crippen LogP) is 11.4. The van der Waals surface area contributed by atoms with Gasteiger partial charge in [0.2, 0.25) is 10.0 Å². The van der Waals surface area contributed by atoms with Crippen molar-refractivity contribution < 1.29 is 48.7 Å². The van der Waals surface area contributed by atoms with Crippen LogP contribution in [0.2, 0.25) is 0 Å². The second-order valence-electron chi connectivity index (χ2n) is 16.3. The Morgan fingerprint density at radius 1 is 0.514 bits per heavy atom. The minimum absolute atomic E-state index is 0.00497. The molecule has 0 radical (unpaired) electrons. The van der Waals surface area contributed by atoms with Gasteiger partial charge in [-0.25, -0.2) is 44.3 Å². The van der Waals surface area contributed by atoms with Crippen molar-refractivity contribution in [2.45, 2.75) is 36.9 Å². The maximum absolute atomic E-state index is 14.2. The molecule has 0 atom stereocenters. The highest BCUT2D eigenvalue weighted by Crippen LogP contribution is 2.36. The molecule has 11 nitrogen and oxygen atoms in total. The number of nitrogens with one attached hydrogen (secondary N) is 1. The van der Waals surface area contributed by atoms with Gasteiger partial charge in [0, 0.05) is 62.7 Å². The fourth-order valence-corrected chi connectivity index (χ4v) is 9.37. The van der Waals surface area contributed by atoms with Crippen LogP contribution in [0.4, 0.5) is 17.6 Å². The predicted molar refractivity (Wildman–Crippen MR) is 266 cm³/mol. The van der Waals surface area contributed by atoms with E-state index in [1.54, 1.807) is 66.7 Å². The summed E-state index contributed by atoms with van der Waals surface area (Å²) in [5.41, 5.74) is 6.38. The molecule has 0 saturated heterocycles. The standard InChI is InChI=1S/C31H24F2N2O4S.C24H20F2N2O3S/c1-21-14-17-29(27-12-5-6-13-30(27)39-20-23-15-16-24(32)18-28(23)33)35(21)25-10-7-11-26(19-25)40(37,38)34-31(36)22-8-3-2-4-9-22;1-16-9-12-23(28(16)19-5-4-6-20(14-19)32(27,29)30)21-7-2-3-8-24(21)31-15-17-10-11-18(25)13-22(17)26/h2-19H,20H2,1H3,(H,34,36);2-14H,15H2,1H3,(H2,27,29,30). The summed E-state index contributed by atoms with van der Waals surface area (Å²) in [5, 5.41) is 5.30. The number of carbonyl (C=O) groups excluding carboxylic acids is 1. The molecule has 0 spiro atoms. The van der Waals surface area contributed by atoms with E-state index in [2.05, 4.69) is 4.72 Å². The first-order valence-corrected chi connectivity index (χ1v) is 25.0. The molecule has 0 aliphatic carbocycles. The lowest BCUT2D eigenvalue weighted by Gasteiger charge is -2.17. The molecule has 9 rings (SSSR count). The van der Waals surface area contributed by atoms with Crippen LogP contribution in [0.5, 0.6) is 11.5 Å². The Morgan fingerprint density at radius 3 is 1.43 bits per heavy atom. The number of hydrogen-bond acceptors (Lipinski definition) is 7. The Hall–Kier alpha value is -8.25. The molecule has 0 aliphatic heterocycles. The molecule has 366 valence electrons. The molecule has 7 aromatic carbocycles. The Morgan fingerprint density at radius 2 is 0.958 bits per heavy atom. The molecule has 0 saturated carbocycles. The number of halogens is 4. The van der Waals surface area contributed by atoms with E-state index in [0.29, 0.717) is 34.1 Å². The van der Waals surface area contributed by atoms with E-state index in [4.69, 9.17) is 14.6 Å². The maximum atomic E-state index is 14.2. The highest BCUT2D eigenvalue weighted by atomic mass is 32.2. The Kier molecular flexibility index (Phi) is 14.9. The number of sulfonamides is 2. The number of nitrogens with two attached hydrogens (primary N) is 1. The smallest absolute Gasteiger partial charge is 0.264 e. The first-order chi connectivity index (χ1) is 34.5. The van der Waals surface area contributed by atoms with Gasteiger partial charge in [-0.05, 0) is 135 Å². The zero-order chi connectivity index (χ0) is 51.2. The number of aromatic nitrogens is 2. The number of ether oxygens (including phenoxy) is 2. The van der Waals surface area contributed by atoms with Crippen molar-refractivity contribution in [3.05, 3.63) is 239 Å². The number of hydrogen-bond donors (Lipinski definition) is 2. The second kappa shape index (κ2) is 21.4. The summed E-state index contributed by atoms with van der Waals surface area (Å²) in [6, 6.07) is 49.3. The van der Waals surface area contributed by atoms with Gasteiger partial charge < -0.3 is 18.6 Å². The number of rotatable bonds is 14. The van der Waals surface area contributed by atoms with Gasteiger partial charge in [0.25, 0.3) is 15.9 Å². The van der Waals surface area contributed by atoms with Crippen molar-refractivity contribution in [2.75, 3.05) is 0 Å². The van der Waals surface area contributed by atoms with Crippen LogP contribution in [-0.4, -0.2) is 31.9 Å². The average Bonchev–Trinajstić information content (AvgIpc) is 3.95. The SMILES string of the molecule is Cc1ccc(-c2ccccc2OCc2ccc(F)cc2F)n1-c1cccc(S(=O)(=O)NC(=O)c2ccccc2)c1.Cc1ccc(-c2ccccc2OCc2ccc(F)cc2F)n1-c1cccc(S(N)(=O)=O)c1. The molecule has 0 unspecified atom stereocenters. The van der Waals surface area contributed by atoms with Crippen LogP contribution < -0.4 is 19.3 Å². The van der Waals surface area contributed by atoms with E-state index in [1.165, 1.54) is 60.7 Å². The van der Waals surface area contributed by atoms with E-state index < -0.39 is 49.2 Å². The molecule has 2 heterocycles. The minimum atomic E-state index is -4.17. The Labute approximate surface area is 413 Å². The number of primary sulfonamides is 1. The lowest BCUT2D eigenvalue weighted by Crippen LogP contribution is -2.30. The fourth-order valence-electron chi connectivity index (χ4n) is 7.80. The lowest BCUT2D eigenvalue weighted by atomic mass is 10.1. The quantitative estimate of drug-likeness (QED) is 0.103. The van der Waals surface area contributed by atoms with Crippen LogP contribution in [0.25, 0.3) is 33.9 Å². The molecule has 2 aromatic heterocycles. The van der Waals surface area contributed by atoms with Gasteiger partial charge in [0.15, 0.2) is 0 Å². The summed E-state index contributed by atoms with van der Waals surface area (Å²) < 4.78 is 122. The van der Waals surface area contributed by atoms with Gasteiger partial charge in [-0.1, -0.05) is 54.6 Å². The van der Waals surface area contributed by atoms with Crippen LogP contribution >= 0.6 is 0 Å².